The number of alkyl halides is 1. The quantitative estimate of drug-likeness (QED) is 0.477. The number of esters is 1. The highest BCUT2D eigenvalue weighted by Crippen LogP contribution is 2.06. The summed E-state index contributed by atoms with van der Waals surface area (Å²) in [6.07, 6.45) is 0.128. The fourth-order valence-corrected chi connectivity index (χ4v) is 0.979. The normalized spacial score (nSPS) is 10.8. The van der Waals surface area contributed by atoms with Crippen molar-refractivity contribution >= 4 is 28.0 Å². The third kappa shape index (κ3) is 9.76. The van der Waals surface area contributed by atoms with Gasteiger partial charge in [-0.2, -0.15) is 0 Å². The fraction of sp³-hybridized carbons (Fsp3) is 0.800. The standard InChI is InChI=1S/C10H18BrNO4/c1-10(2,3)16-9(14)12-7-8(13)15-6-4-5-11/h4-7H2,1-3H3,(H,12,14). The van der Waals surface area contributed by atoms with E-state index >= 15 is 0 Å². The van der Waals surface area contributed by atoms with E-state index in [1.807, 2.05) is 0 Å². The highest BCUT2D eigenvalue weighted by Gasteiger charge is 2.16. The molecule has 1 amide bonds. The van der Waals surface area contributed by atoms with Crippen LogP contribution in [0.5, 0.6) is 0 Å². The number of hydrogen-bond acceptors (Lipinski definition) is 4. The van der Waals surface area contributed by atoms with Gasteiger partial charge in [0.15, 0.2) is 0 Å². The van der Waals surface area contributed by atoms with Crippen LogP contribution >= 0.6 is 15.9 Å². The Bertz CT molecular complexity index is 237. The van der Waals surface area contributed by atoms with E-state index in [1.165, 1.54) is 0 Å². The van der Waals surface area contributed by atoms with Crippen LogP contribution < -0.4 is 5.32 Å². The van der Waals surface area contributed by atoms with Crippen molar-refractivity contribution in [2.75, 3.05) is 18.5 Å². The molecule has 0 aromatic heterocycles. The van der Waals surface area contributed by atoms with Gasteiger partial charge in [0, 0.05) is 5.33 Å². The first-order chi connectivity index (χ1) is 7.35. The number of ether oxygens (including phenoxy) is 2. The summed E-state index contributed by atoms with van der Waals surface area (Å²) in [5, 5.41) is 3.10. The Balaban J connectivity index is 3.63. The van der Waals surface area contributed by atoms with Crippen LogP contribution in [-0.2, 0) is 14.3 Å². The summed E-state index contributed by atoms with van der Waals surface area (Å²) in [5.41, 5.74) is -0.566. The molecule has 0 aromatic carbocycles. The average molecular weight is 296 g/mol. The first-order valence-corrected chi connectivity index (χ1v) is 6.16. The second kappa shape index (κ2) is 7.49. The lowest BCUT2D eigenvalue weighted by Gasteiger charge is -2.19. The summed E-state index contributed by atoms with van der Waals surface area (Å²) in [5.74, 6) is -0.466. The van der Waals surface area contributed by atoms with Crippen molar-refractivity contribution in [1.82, 2.24) is 5.32 Å². The van der Waals surface area contributed by atoms with Crippen LogP contribution in [0.25, 0.3) is 0 Å². The van der Waals surface area contributed by atoms with Crippen molar-refractivity contribution in [3.8, 4) is 0 Å². The van der Waals surface area contributed by atoms with Crippen molar-refractivity contribution in [3.63, 3.8) is 0 Å². The topological polar surface area (TPSA) is 64.6 Å². The molecule has 0 unspecified atom stereocenters. The molecular weight excluding hydrogens is 278 g/mol. The molecular formula is C10H18BrNO4. The monoisotopic (exact) mass is 295 g/mol. The molecule has 0 saturated heterocycles. The van der Waals surface area contributed by atoms with Gasteiger partial charge in [0.05, 0.1) is 6.61 Å². The first-order valence-electron chi connectivity index (χ1n) is 5.03. The van der Waals surface area contributed by atoms with Gasteiger partial charge in [-0.3, -0.25) is 4.79 Å². The minimum atomic E-state index is -0.620. The van der Waals surface area contributed by atoms with Gasteiger partial charge in [0.25, 0.3) is 0 Å². The minimum Gasteiger partial charge on any atom is -0.464 e. The van der Waals surface area contributed by atoms with Gasteiger partial charge in [0.2, 0.25) is 0 Å². The predicted molar refractivity (Wildman–Crippen MR) is 63.6 cm³/mol. The molecule has 0 aliphatic heterocycles. The number of alkyl carbamates (subject to hydrolysis) is 1. The molecule has 0 spiro atoms. The van der Waals surface area contributed by atoms with Gasteiger partial charge in [-0.1, -0.05) is 15.9 Å². The largest absolute Gasteiger partial charge is 0.464 e. The molecule has 0 aliphatic carbocycles. The molecule has 5 nitrogen and oxygen atoms in total. The van der Waals surface area contributed by atoms with E-state index in [0.717, 1.165) is 11.8 Å². The van der Waals surface area contributed by atoms with E-state index in [0.29, 0.717) is 6.61 Å². The zero-order chi connectivity index (χ0) is 12.6. The molecule has 16 heavy (non-hydrogen) atoms. The number of carbonyl (C=O) groups is 2. The van der Waals surface area contributed by atoms with E-state index in [1.54, 1.807) is 20.8 Å². The van der Waals surface area contributed by atoms with Crippen LogP contribution in [0.1, 0.15) is 27.2 Å². The van der Waals surface area contributed by atoms with E-state index < -0.39 is 17.7 Å². The molecule has 0 aromatic rings. The lowest BCUT2D eigenvalue weighted by molar-refractivity contribution is -0.142. The molecule has 0 fully saturated rings. The Morgan fingerprint density at radius 2 is 1.94 bits per heavy atom. The fourth-order valence-electron chi connectivity index (χ4n) is 0.750. The highest BCUT2D eigenvalue weighted by molar-refractivity contribution is 9.09. The van der Waals surface area contributed by atoms with E-state index in [4.69, 9.17) is 9.47 Å². The van der Waals surface area contributed by atoms with Crippen molar-refractivity contribution in [1.29, 1.82) is 0 Å². The van der Waals surface area contributed by atoms with Crippen molar-refractivity contribution in [2.45, 2.75) is 32.8 Å². The van der Waals surface area contributed by atoms with Gasteiger partial charge in [0.1, 0.15) is 12.1 Å². The smallest absolute Gasteiger partial charge is 0.408 e. The second-order valence-corrected chi connectivity index (χ2v) is 4.91. The third-order valence-electron chi connectivity index (χ3n) is 1.32. The maximum atomic E-state index is 11.1. The number of amides is 1. The van der Waals surface area contributed by atoms with Crippen LogP contribution in [0.2, 0.25) is 0 Å². The van der Waals surface area contributed by atoms with Gasteiger partial charge in [-0.25, -0.2) is 4.79 Å². The Hall–Kier alpha value is -0.780. The summed E-state index contributed by atoms with van der Waals surface area (Å²) in [6, 6.07) is 0. The summed E-state index contributed by atoms with van der Waals surface area (Å²) in [4.78, 5) is 22.2. The first kappa shape index (κ1) is 15.2. The summed E-state index contributed by atoms with van der Waals surface area (Å²) >= 11 is 3.21. The number of carbonyl (C=O) groups excluding carboxylic acids is 2. The number of hydrogen-bond donors (Lipinski definition) is 1. The Morgan fingerprint density at radius 1 is 1.31 bits per heavy atom. The van der Waals surface area contributed by atoms with E-state index in [9.17, 15) is 9.59 Å². The molecule has 6 heteroatoms. The lowest BCUT2D eigenvalue weighted by atomic mass is 10.2. The highest BCUT2D eigenvalue weighted by atomic mass is 79.9. The van der Waals surface area contributed by atoms with Crippen LogP contribution in [0.4, 0.5) is 4.79 Å². The SMILES string of the molecule is CC(C)(C)OC(=O)NCC(=O)OCCCBr. The number of rotatable bonds is 5. The Kier molecular flexibility index (Phi) is 7.12. The van der Waals surface area contributed by atoms with Crippen LogP contribution in [0.3, 0.4) is 0 Å². The lowest BCUT2D eigenvalue weighted by Crippen LogP contribution is -2.36. The second-order valence-electron chi connectivity index (χ2n) is 4.12. The summed E-state index contributed by atoms with van der Waals surface area (Å²) in [7, 11) is 0. The predicted octanol–water partition coefficient (Wildman–Crippen LogP) is 1.84. The third-order valence-corrected chi connectivity index (χ3v) is 1.88. The van der Waals surface area contributed by atoms with Crippen molar-refractivity contribution in [3.05, 3.63) is 0 Å². The summed E-state index contributed by atoms with van der Waals surface area (Å²) < 4.78 is 9.77. The molecule has 0 aliphatic rings. The van der Waals surface area contributed by atoms with Crippen LogP contribution in [0, 0.1) is 0 Å². The van der Waals surface area contributed by atoms with Crippen LogP contribution in [-0.4, -0.2) is 36.1 Å². The van der Waals surface area contributed by atoms with Crippen molar-refractivity contribution < 1.29 is 19.1 Å². The molecule has 0 radical (unpaired) electrons. The number of nitrogens with one attached hydrogen (secondary N) is 1. The molecule has 0 rings (SSSR count). The average Bonchev–Trinajstić information content (AvgIpc) is 2.12. The molecule has 1 N–H and O–H groups in total. The zero-order valence-electron chi connectivity index (χ0n) is 9.84. The van der Waals surface area contributed by atoms with Gasteiger partial charge < -0.3 is 14.8 Å². The van der Waals surface area contributed by atoms with E-state index in [2.05, 4.69) is 21.2 Å². The minimum absolute atomic E-state index is 0.169. The molecule has 94 valence electrons. The molecule has 0 heterocycles. The van der Waals surface area contributed by atoms with Gasteiger partial charge in [-0.15, -0.1) is 0 Å². The molecule has 0 saturated carbocycles. The Labute approximate surface area is 104 Å². The maximum absolute atomic E-state index is 11.1. The van der Waals surface area contributed by atoms with Gasteiger partial charge in [-0.05, 0) is 27.2 Å². The van der Waals surface area contributed by atoms with Crippen LogP contribution in [0.15, 0.2) is 0 Å². The number of halogens is 1. The van der Waals surface area contributed by atoms with Crippen molar-refractivity contribution in [2.24, 2.45) is 0 Å². The van der Waals surface area contributed by atoms with Gasteiger partial charge >= 0.3 is 12.1 Å². The maximum Gasteiger partial charge on any atom is 0.408 e. The Morgan fingerprint density at radius 3 is 2.44 bits per heavy atom. The van der Waals surface area contributed by atoms with E-state index in [-0.39, 0.29) is 6.54 Å². The summed E-state index contributed by atoms with van der Waals surface area (Å²) in [6.45, 7) is 5.43. The molecule has 0 atom stereocenters. The molecule has 0 bridgehead atoms. The zero-order valence-corrected chi connectivity index (χ0v) is 11.4.